The van der Waals surface area contributed by atoms with Crippen LogP contribution < -0.4 is 0 Å². The Bertz CT molecular complexity index is 670. The molecule has 3 aromatic rings. The van der Waals surface area contributed by atoms with E-state index in [-0.39, 0.29) is 0 Å². The molecule has 0 fully saturated rings. The lowest BCUT2D eigenvalue weighted by molar-refractivity contribution is -0.143. The number of carboxylic acid groups (broad SMARTS) is 1. The number of H-pyrrole nitrogens is 3. The van der Waals surface area contributed by atoms with Crippen LogP contribution in [0.25, 0.3) is 0 Å². The van der Waals surface area contributed by atoms with Gasteiger partial charge in [-0.1, -0.05) is 0 Å². The van der Waals surface area contributed by atoms with Crippen LogP contribution in [0.4, 0.5) is 0 Å². The number of nitrogens with zero attached hydrogens (tertiary/aromatic N) is 4. The number of nitrogens with one attached hydrogen (secondary N) is 3. The molecular formula is C14H17N7O2. The summed E-state index contributed by atoms with van der Waals surface area (Å²) in [6.07, 6.45) is 10.0. The zero-order valence-electron chi connectivity index (χ0n) is 12.3. The summed E-state index contributed by atoms with van der Waals surface area (Å²) in [5.41, 5.74) is 2.47. The van der Waals surface area contributed by atoms with Crippen LogP contribution in [0.5, 0.6) is 0 Å². The predicted octanol–water partition coefficient (Wildman–Crippen LogP) is 0.554. The molecule has 0 aliphatic heterocycles. The maximum Gasteiger partial charge on any atom is 0.321 e. The Morgan fingerprint density at radius 2 is 1.43 bits per heavy atom. The second-order valence-electron chi connectivity index (χ2n) is 5.19. The zero-order valence-corrected chi connectivity index (χ0v) is 12.3. The molecule has 0 saturated carbocycles. The first-order valence-electron chi connectivity index (χ1n) is 7.11. The quantitative estimate of drug-likeness (QED) is 0.481. The third-order valence-corrected chi connectivity index (χ3v) is 3.55. The monoisotopic (exact) mass is 315 g/mol. The van der Waals surface area contributed by atoms with Crippen molar-refractivity contribution in [3.05, 3.63) is 54.7 Å². The summed E-state index contributed by atoms with van der Waals surface area (Å²) >= 11 is 0. The number of aromatic nitrogens is 6. The van der Waals surface area contributed by atoms with E-state index in [2.05, 4.69) is 29.9 Å². The number of hydrogen-bond donors (Lipinski definition) is 4. The van der Waals surface area contributed by atoms with Gasteiger partial charge in [0.1, 0.15) is 6.04 Å². The van der Waals surface area contributed by atoms with Crippen molar-refractivity contribution in [3.63, 3.8) is 0 Å². The Hall–Kier alpha value is -2.94. The van der Waals surface area contributed by atoms with E-state index in [0.29, 0.717) is 19.5 Å². The Morgan fingerprint density at radius 3 is 1.83 bits per heavy atom. The Morgan fingerprint density at radius 1 is 0.957 bits per heavy atom. The van der Waals surface area contributed by atoms with Gasteiger partial charge in [-0.05, 0) is 0 Å². The zero-order chi connectivity index (χ0) is 16.1. The van der Waals surface area contributed by atoms with Crippen molar-refractivity contribution in [3.8, 4) is 0 Å². The molecule has 0 spiro atoms. The van der Waals surface area contributed by atoms with E-state index in [1.807, 2.05) is 4.90 Å². The lowest BCUT2D eigenvalue weighted by Crippen LogP contribution is -2.42. The molecule has 23 heavy (non-hydrogen) atoms. The lowest BCUT2D eigenvalue weighted by Gasteiger charge is -2.27. The van der Waals surface area contributed by atoms with Crippen molar-refractivity contribution >= 4 is 5.97 Å². The van der Waals surface area contributed by atoms with E-state index in [9.17, 15) is 9.90 Å². The first-order valence-corrected chi connectivity index (χ1v) is 7.11. The summed E-state index contributed by atoms with van der Waals surface area (Å²) in [6, 6.07) is -0.706. The summed E-state index contributed by atoms with van der Waals surface area (Å²) < 4.78 is 0. The number of carboxylic acids is 1. The molecule has 3 rings (SSSR count). The molecule has 1 atom stereocenters. The van der Waals surface area contributed by atoms with Crippen molar-refractivity contribution in [2.45, 2.75) is 25.6 Å². The molecular weight excluding hydrogens is 298 g/mol. The average molecular weight is 315 g/mol. The maximum atomic E-state index is 11.8. The molecule has 3 heterocycles. The highest BCUT2D eigenvalue weighted by Crippen LogP contribution is 2.14. The summed E-state index contributed by atoms with van der Waals surface area (Å²) in [6.45, 7) is 0.869. The highest BCUT2D eigenvalue weighted by Gasteiger charge is 2.27. The molecule has 0 saturated heterocycles. The van der Waals surface area contributed by atoms with Crippen LogP contribution in [0.3, 0.4) is 0 Å². The maximum absolute atomic E-state index is 11.8. The minimum Gasteiger partial charge on any atom is -0.480 e. The fraction of sp³-hybridized carbons (Fsp3) is 0.286. The van der Waals surface area contributed by atoms with Gasteiger partial charge in [-0.25, -0.2) is 15.0 Å². The number of rotatable bonds is 8. The van der Waals surface area contributed by atoms with Gasteiger partial charge in [-0.2, -0.15) is 0 Å². The van der Waals surface area contributed by atoms with Crippen molar-refractivity contribution in [1.82, 2.24) is 34.8 Å². The van der Waals surface area contributed by atoms with Crippen molar-refractivity contribution in [2.24, 2.45) is 0 Å². The van der Waals surface area contributed by atoms with Gasteiger partial charge in [-0.15, -0.1) is 0 Å². The SMILES string of the molecule is O=C(O)[C@H](Cc1cnc[nH]1)N(Cc1cnc[nH]1)Cc1cnc[nH]1. The Labute approximate surface area is 131 Å². The van der Waals surface area contributed by atoms with Crippen LogP contribution in [0.1, 0.15) is 17.1 Å². The molecule has 3 aromatic heterocycles. The second-order valence-corrected chi connectivity index (χ2v) is 5.19. The van der Waals surface area contributed by atoms with Crippen molar-refractivity contribution in [2.75, 3.05) is 0 Å². The first-order chi connectivity index (χ1) is 11.2. The van der Waals surface area contributed by atoms with E-state index < -0.39 is 12.0 Å². The van der Waals surface area contributed by atoms with E-state index in [0.717, 1.165) is 17.1 Å². The normalized spacial score (nSPS) is 12.6. The molecule has 4 N–H and O–H groups in total. The fourth-order valence-electron chi connectivity index (χ4n) is 2.43. The van der Waals surface area contributed by atoms with Crippen LogP contribution in [-0.4, -0.2) is 51.9 Å². The molecule has 0 unspecified atom stereocenters. The minimum atomic E-state index is -0.890. The first kappa shape index (κ1) is 15.0. The van der Waals surface area contributed by atoms with E-state index in [1.54, 1.807) is 37.6 Å². The van der Waals surface area contributed by atoms with Crippen LogP contribution in [-0.2, 0) is 24.3 Å². The molecule has 0 aliphatic rings. The van der Waals surface area contributed by atoms with Crippen LogP contribution in [0.2, 0.25) is 0 Å². The highest BCUT2D eigenvalue weighted by atomic mass is 16.4. The van der Waals surface area contributed by atoms with Gasteiger partial charge in [0.15, 0.2) is 0 Å². The standard InChI is InChI=1S/C14H17N7O2/c22-14(23)13(1-10-2-15-7-18-10)21(5-11-3-16-8-19-11)6-12-4-17-9-20-12/h2-4,7-9,13H,1,5-6H2,(H,15,18)(H,16,19)(H,17,20)(H,22,23)/t13-/m0/s1. The molecule has 0 amide bonds. The van der Waals surface area contributed by atoms with Crippen LogP contribution in [0, 0.1) is 0 Å². The third-order valence-electron chi connectivity index (χ3n) is 3.55. The highest BCUT2D eigenvalue weighted by molar-refractivity contribution is 5.73. The summed E-state index contributed by atoms with van der Waals surface area (Å²) in [7, 11) is 0. The number of aromatic amines is 3. The van der Waals surface area contributed by atoms with Gasteiger partial charge in [-0.3, -0.25) is 9.69 Å². The number of imidazole rings is 3. The summed E-state index contributed by atoms with van der Waals surface area (Å²) in [4.78, 5) is 34.5. The number of hydrogen-bond acceptors (Lipinski definition) is 5. The van der Waals surface area contributed by atoms with Crippen LogP contribution in [0.15, 0.2) is 37.6 Å². The fourth-order valence-corrected chi connectivity index (χ4v) is 2.43. The average Bonchev–Trinajstić information content (AvgIpc) is 3.27. The van der Waals surface area contributed by atoms with Gasteiger partial charge < -0.3 is 20.1 Å². The largest absolute Gasteiger partial charge is 0.480 e. The molecule has 0 aromatic carbocycles. The van der Waals surface area contributed by atoms with E-state index in [4.69, 9.17) is 0 Å². The summed E-state index contributed by atoms with van der Waals surface area (Å²) in [5.74, 6) is -0.890. The number of carbonyl (C=O) groups is 1. The summed E-state index contributed by atoms with van der Waals surface area (Å²) in [5, 5.41) is 9.67. The topological polar surface area (TPSA) is 127 Å². The van der Waals surface area contributed by atoms with Crippen LogP contribution >= 0.6 is 0 Å². The molecule has 0 radical (unpaired) electrons. The Kier molecular flexibility index (Phi) is 4.48. The van der Waals surface area contributed by atoms with Gasteiger partial charge in [0, 0.05) is 55.2 Å². The van der Waals surface area contributed by atoms with E-state index >= 15 is 0 Å². The molecule has 9 heteroatoms. The van der Waals surface area contributed by atoms with E-state index in [1.165, 1.54) is 0 Å². The predicted molar refractivity (Wildman–Crippen MR) is 80.1 cm³/mol. The third kappa shape index (κ3) is 3.83. The molecule has 0 bridgehead atoms. The lowest BCUT2D eigenvalue weighted by atomic mass is 10.1. The smallest absolute Gasteiger partial charge is 0.321 e. The molecule has 9 nitrogen and oxygen atoms in total. The molecule has 0 aliphatic carbocycles. The van der Waals surface area contributed by atoms with Gasteiger partial charge in [0.05, 0.1) is 19.0 Å². The Balaban J connectivity index is 1.82. The van der Waals surface area contributed by atoms with Gasteiger partial charge in [0.25, 0.3) is 0 Å². The van der Waals surface area contributed by atoms with Crippen molar-refractivity contribution in [1.29, 1.82) is 0 Å². The van der Waals surface area contributed by atoms with Gasteiger partial charge >= 0.3 is 5.97 Å². The minimum absolute atomic E-state index is 0.331. The second kappa shape index (κ2) is 6.88. The van der Waals surface area contributed by atoms with Crippen molar-refractivity contribution < 1.29 is 9.90 Å². The number of aliphatic carboxylic acids is 1. The molecule has 120 valence electrons. The van der Waals surface area contributed by atoms with Gasteiger partial charge in [0.2, 0.25) is 0 Å².